The van der Waals surface area contributed by atoms with Gasteiger partial charge < -0.3 is 5.73 Å². The van der Waals surface area contributed by atoms with Crippen molar-refractivity contribution in [1.29, 1.82) is 5.26 Å². The summed E-state index contributed by atoms with van der Waals surface area (Å²) in [6.45, 7) is 2.04. The molecule has 0 spiro atoms. The van der Waals surface area contributed by atoms with Crippen LogP contribution in [0.4, 0.5) is 11.6 Å². The molecule has 3 heterocycles. The van der Waals surface area contributed by atoms with Crippen molar-refractivity contribution in [1.82, 2.24) is 24.7 Å². The molecule has 0 radical (unpaired) electrons. The highest BCUT2D eigenvalue weighted by Crippen LogP contribution is 2.26. The quantitative estimate of drug-likeness (QED) is 0.415. The highest BCUT2D eigenvalue weighted by Gasteiger charge is 2.16. The molecule has 142 valence electrons. The maximum Gasteiger partial charge on any atom is 0.272 e. The zero-order valence-corrected chi connectivity index (χ0v) is 15.3. The van der Waals surface area contributed by atoms with Crippen LogP contribution in [0.25, 0.3) is 22.4 Å². The van der Waals surface area contributed by atoms with Gasteiger partial charge >= 0.3 is 0 Å². The van der Waals surface area contributed by atoms with E-state index in [0.717, 1.165) is 5.56 Å². The van der Waals surface area contributed by atoms with E-state index in [1.807, 2.05) is 0 Å². The van der Waals surface area contributed by atoms with Gasteiger partial charge in [0.15, 0.2) is 5.65 Å². The van der Waals surface area contributed by atoms with Crippen LogP contribution < -0.4 is 5.73 Å². The van der Waals surface area contributed by atoms with Crippen LogP contribution in [-0.2, 0) is 6.54 Å². The number of fused-ring (bicyclic) bond motifs is 1. The molecule has 0 unspecified atom stereocenters. The van der Waals surface area contributed by atoms with E-state index in [4.69, 9.17) is 11.0 Å². The fourth-order valence-corrected chi connectivity index (χ4v) is 3.11. The largest absolute Gasteiger partial charge is 0.368 e. The zero-order chi connectivity index (χ0) is 20.5. The molecule has 0 atom stereocenters. The average Bonchev–Trinajstić information content (AvgIpc) is 3.09. The molecule has 0 aliphatic carbocycles. The van der Waals surface area contributed by atoms with Gasteiger partial charge in [0, 0.05) is 17.8 Å². The molecule has 0 fully saturated rings. The molecular formula is C19H14N8O2. The fraction of sp³-hybridized carbons (Fsp3) is 0.105. The van der Waals surface area contributed by atoms with Crippen LogP contribution in [0.15, 0.2) is 42.7 Å². The lowest BCUT2D eigenvalue weighted by molar-refractivity contribution is -0.385. The predicted octanol–water partition coefficient (Wildman–Crippen LogP) is 2.61. The molecule has 29 heavy (non-hydrogen) atoms. The Labute approximate surface area is 164 Å². The molecule has 0 saturated carbocycles. The van der Waals surface area contributed by atoms with Crippen LogP contribution in [0.2, 0.25) is 0 Å². The van der Waals surface area contributed by atoms with Gasteiger partial charge in [0.05, 0.1) is 40.4 Å². The SMILES string of the molecule is Cc1cc(Cn2ncc3c(-c4cc(C#N)ccn4)nc(N)nc32)ccc1[N+](=O)[O-]. The maximum absolute atomic E-state index is 11.0. The minimum atomic E-state index is -0.412. The summed E-state index contributed by atoms with van der Waals surface area (Å²) in [5, 5.41) is 25.2. The van der Waals surface area contributed by atoms with Gasteiger partial charge in [0.2, 0.25) is 5.95 Å². The van der Waals surface area contributed by atoms with Gasteiger partial charge in [-0.1, -0.05) is 6.07 Å². The number of nitrogens with two attached hydrogens (primary N) is 1. The van der Waals surface area contributed by atoms with Crippen molar-refractivity contribution in [2.75, 3.05) is 5.73 Å². The van der Waals surface area contributed by atoms with Gasteiger partial charge in [-0.15, -0.1) is 0 Å². The number of rotatable bonds is 4. The third-order valence-electron chi connectivity index (χ3n) is 4.44. The summed E-state index contributed by atoms with van der Waals surface area (Å²) < 4.78 is 1.64. The summed E-state index contributed by atoms with van der Waals surface area (Å²) in [5.41, 5.74) is 9.30. The van der Waals surface area contributed by atoms with Crippen molar-refractivity contribution in [3.05, 3.63) is 69.5 Å². The minimum Gasteiger partial charge on any atom is -0.368 e. The van der Waals surface area contributed by atoms with E-state index in [1.165, 1.54) is 12.3 Å². The molecule has 10 heteroatoms. The number of nitrogen functional groups attached to an aromatic ring is 1. The van der Waals surface area contributed by atoms with Gasteiger partial charge in [-0.05, 0) is 30.7 Å². The highest BCUT2D eigenvalue weighted by atomic mass is 16.6. The number of hydrogen-bond donors (Lipinski definition) is 1. The van der Waals surface area contributed by atoms with Gasteiger partial charge in [-0.3, -0.25) is 15.1 Å². The van der Waals surface area contributed by atoms with Gasteiger partial charge in [-0.25, -0.2) is 9.67 Å². The van der Waals surface area contributed by atoms with Crippen LogP contribution in [0.5, 0.6) is 0 Å². The predicted molar refractivity (Wildman–Crippen MR) is 105 cm³/mol. The Morgan fingerprint density at radius 3 is 2.83 bits per heavy atom. The van der Waals surface area contributed by atoms with E-state index < -0.39 is 4.92 Å². The molecule has 0 aliphatic heterocycles. The lowest BCUT2D eigenvalue weighted by atomic mass is 10.1. The van der Waals surface area contributed by atoms with E-state index in [-0.39, 0.29) is 11.6 Å². The molecule has 10 nitrogen and oxygen atoms in total. The second kappa shape index (κ2) is 6.97. The summed E-state index contributed by atoms with van der Waals surface area (Å²) in [7, 11) is 0. The Hall–Kier alpha value is -4.39. The first kappa shape index (κ1) is 18.0. The second-order valence-electron chi connectivity index (χ2n) is 6.39. The monoisotopic (exact) mass is 386 g/mol. The molecule has 4 aromatic rings. The number of nitro groups is 1. The van der Waals surface area contributed by atoms with Crippen molar-refractivity contribution < 1.29 is 4.92 Å². The van der Waals surface area contributed by atoms with Crippen molar-refractivity contribution in [2.24, 2.45) is 0 Å². The lowest BCUT2D eigenvalue weighted by Crippen LogP contribution is -2.06. The third-order valence-corrected chi connectivity index (χ3v) is 4.44. The highest BCUT2D eigenvalue weighted by molar-refractivity contribution is 5.90. The number of benzene rings is 1. The van der Waals surface area contributed by atoms with Crippen LogP contribution in [0.3, 0.4) is 0 Å². The molecule has 0 bridgehead atoms. The Morgan fingerprint density at radius 2 is 2.10 bits per heavy atom. The number of aryl methyl sites for hydroxylation is 1. The summed E-state index contributed by atoms with van der Waals surface area (Å²) in [5.74, 6) is 0.0540. The first-order chi connectivity index (χ1) is 14.0. The van der Waals surface area contributed by atoms with E-state index in [0.29, 0.717) is 40.1 Å². The molecule has 3 aromatic heterocycles. The number of anilines is 1. The second-order valence-corrected chi connectivity index (χ2v) is 6.39. The molecule has 0 amide bonds. The number of nitriles is 1. The average molecular weight is 386 g/mol. The van der Waals surface area contributed by atoms with Crippen LogP contribution in [0, 0.1) is 28.4 Å². The minimum absolute atomic E-state index is 0.0540. The summed E-state index contributed by atoms with van der Waals surface area (Å²) in [6, 6.07) is 10.2. The molecule has 4 rings (SSSR count). The van der Waals surface area contributed by atoms with E-state index >= 15 is 0 Å². The molecular weight excluding hydrogens is 372 g/mol. The molecule has 0 aliphatic rings. The first-order valence-corrected chi connectivity index (χ1v) is 8.55. The van der Waals surface area contributed by atoms with Crippen molar-refractivity contribution in [3.63, 3.8) is 0 Å². The van der Waals surface area contributed by atoms with Crippen molar-refractivity contribution in [3.8, 4) is 17.5 Å². The Balaban J connectivity index is 1.78. The topological polar surface area (TPSA) is 149 Å². The number of nitro benzene ring substituents is 1. The van der Waals surface area contributed by atoms with Crippen LogP contribution in [-0.4, -0.2) is 29.7 Å². The Kier molecular flexibility index (Phi) is 4.33. The maximum atomic E-state index is 11.0. The normalized spacial score (nSPS) is 10.8. The summed E-state index contributed by atoms with van der Waals surface area (Å²) in [6.07, 6.45) is 3.14. The first-order valence-electron chi connectivity index (χ1n) is 8.55. The Bertz CT molecular complexity index is 1310. The third kappa shape index (κ3) is 3.32. The summed E-state index contributed by atoms with van der Waals surface area (Å²) in [4.78, 5) is 23.5. The lowest BCUT2D eigenvalue weighted by Gasteiger charge is -2.07. The summed E-state index contributed by atoms with van der Waals surface area (Å²) >= 11 is 0. The van der Waals surface area contributed by atoms with Gasteiger partial charge in [0.1, 0.15) is 5.69 Å². The van der Waals surface area contributed by atoms with Crippen molar-refractivity contribution >= 4 is 22.7 Å². The smallest absolute Gasteiger partial charge is 0.272 e. The van der Waals surface area contributed by atoms with Crippen molar-refractivity contribution in [2.45, 2.75) is 13.5 Å². The standard InChI is InChI=1S/C19H14N8O2/c1-11-6-13(2-3-16(11)27(28)29)10-26-18-14(9-23-26)17(24-19(21)25-18)15-7-12(8-20)4-5-22-15/h2-7,9H,10H2,1H3,(H2,21,24,25). The zero-order valence-electron chi connectivity index (χ0n) is 15.3. The number of hydrogen-bond acceptors (Lipinski definition) is 8. The number of aromatic nitrogens is 5. The Morgan fingerprint density at radius 1 is 1.28 bits per heavy atom. The van der Waals surface area contributed by atoms with Crippen LogP contribution in [0.1, 0.15) is 16.7 Å². The van der Waals surface area contributed by atoms with Crippen LogP contribution >= 0.6 is 0 Å². The van der Waals surface area contributed by atoms with Gasteiger partial charge in [0.25, 0.3) is 5.69 Å². The van der Waals surface area contributed by atoms with E-state index in [2.05, 4.69) is 26.1 Å². The number of nitrogens with zero attached hydrogens (tertiary/aromatic N) is 7. The fourth-order valence-electron chi connectivity index (χ4n) is 3.11. The molecule has 1 aromatic carbocycles. The number of pyridine rings is 1. The molecule has 2 N–H and O–H groups in total. The van der Waals surface area contributed by atoms with E-state index in [9.17, 15) is 10.1 Å². The van der Waals surface area contributed by atoms with E-state index in [1.54, 1.807) is 42.1 Å². The molecule has 0 saturated heterocycles. The van der Waals surface area contributed by atoms with Gasteiger partial charge in [-0.2, -0.15) is 15.3 Å².